The van der Waals surface area contributed by atoms with E-state index in [1.807, 2.05) is 6.07 Å². The van der Waals surface area contributed by atoms with Crippen molar-refractivity contribution in [2.45, 2.75) is 32.6 Å². The Hall–Kier alpha value is -1.92. The Bertz CT molecular complexity index is 801. The Morgan fingerprint density at radius 2 is 2.16 bits per heavy atom. The van der Waals surface area contributed by atoms with Crippen LogP contribution in [0.25, 0.3) is 0 Å². The maximum atomic E-state index is 13.7. The first-order valence-corrected chi connectivity index (χ1v) is 9.27. The highest BCUT2D eigenvalue weighted by molar-refractivity contribution is 7.14. The number of rotatable bonds is 3. The van der Waals surface area contributed by atoms with E-state index in [0.717, 1.165) is 19.3 Å². The first kappa shape index (κ1) is 17.9. The fraction of sp³-hybridized carbons (Fsp3) is 0.333. The number of halogens is 2. The van der Waals surface area contributed by atoms with E-state index >= 15 is 0 Å². The summed E-state index contributed by atoms with van der Waals surface area (Å²) in [4.78, 5) is 26.0. The number of carbonyl (C=O) groups is 2. The highest BCUT2D eigenvalue weighted by atomic mass is 35.5. The maximum Gasteiger partial charge on any atom is 0.279 e. The number of amides is 2. The minimum Gasteiger partial charge on any atom is -0.273 e. The van der Waals surface area contributed by atoms with Gasteiger partial charge in [0.1, 0.15) is 5.82 Å². The average molecular weight is 381 g/mol. The lowest BCUT2D eigenvalue weighted by molar-refractivity contribution is -0.121. The summed E-state index contributed by atoms with van der Waals surface area (Å²) in [5.41, 5.74) is 6.03. The summed E-state index contributed by atoms with van der Waals surface area (Å²) in [7, 11) is 0. The molecule has 0 spiro atoms. The monoisotopic (exact) mass is 380 g/mol. The van der Waals surface area contributed by atoms with Crippen LogP contribution < -0.4 is 10.9 Å². The van der Waals surface area contributed by atoms with Gasteiger partial charge in [-0.25, -0.2) is 4.39 Å². The number of fused-ring (bicyclic) bond motifs is 1. The summed E-state index contributed by atoms with van der Waals surface area (Å²) in [5, 5.41) is 0.182. The van der Waals surface area contributed by atoms with Crippen LogP contribution in [0.4, 0.5) is 4.39 Å². The van der Waals surface area contributed by atoms with Gasteiger partial charge in [-0.1, -0.05) is 24.6 Å². The SMILES string of the molecule is CC1CCc2sc(C(=O)NNC(=O)Cc3c(F)cccc3Cl)cc2C1. The Kier molecular flexibility index (Phi) is 5.39. The zero-order chi connectivity index (χ0) is 18.0. The number of carbonyl (C=O) groups excluding carboxylic acids is 2. The quantitative estimate of drug-likeness (QED) is 0.798. The van der Waals surface area contributed by atoms with E-state index in [0.29, 0.717) is 10.8 Å². The Morgan fingerprint density at radius 1 is 1.36 bits per heavy atom. The first-order valence-electron chi connectivity index (χ1n) is 8.07. The summed E-state index contributed by atoms with van der Waals surface area (Å²) in [6.07, 6.45) is 2.86. The molecule has 3 rings (SSSR count). The lowest BCUT2D eigenvalue weighted by Crippen LogP contribution is -2.42. The van der Waals surface area contributed by atoms with Gasteiger partial charge >= 0.3 is 0 Å². The van der Waals surface area contributed by atoms with Gasteiger partial charge in [0.05, 0.1) is 11.3 Å². The van der Waals surface area contributed by atoms with Gasteiger partial charge in [-0.2, -0.15) is 0 Å². The molecule has 2 N–H and O–H groups in total. The summed E-state index contributed by atoms with van der Waals surface area (Å²) >= 11 is 7.36. The van der Waals surface area contributed by atoms with Gasteiger partial charge in [0.15, 0.2) is 0 Å². The molecular formula is C18H18ClFN2O2S. The van der Waals surface area contributed by atoms with Gasteiger partial charge in [-0.15, -0.1) is 11.3 Å². The molecule has 25 heavy (non-hydrogen) atoms. The third-order valence-corrected chi connectivity index (χ3v) is 5.86. The minimum atomic E-state index is -0.547. The van der Waals surface area contributed by atoms with E-state index in [1.165, 1.54) is 40.0 Å². The van der Waals surface area contributed by atoms with Gasteiger partial charge in [0, 0.05) is 15.5 Å². The average Bonchev–Trinajstić information content (AvgIpc) is 2.99. The second kappa shape index (κ2) is 7.54. The topological polar surface area (TPSA) is 58.2 Å². The summed E-state index contributed by atoms with van der Waals surface area (Å²) in [5.74, 6) is -0.812. The van der Waals surface area contributed by atoms with Gasteiger partial charge in [-0.3, -0.25) is 20.4 Å². The van der Waals surface area contributed by atoms with Crippen molar-refractivity contribution in [1.82, 2.24) is 10.9 Å². The van der Waals surface area contributed by atoms with Gasteiger partial charge in [-0.05, 0) is 48.9 Å². The molecule has 2 aromatic rings. The van der Waals surface area contributed by atoms with Gasteiger partial charge < -0.3 is 0 Å². The zero-order valence-electron chi connectivity index (χ0n) is 13.7. The second-order valence-electron chi connectivity index (χ2n) is 6.29. The van der Waals surface area contributed by atoms with Crippen molar-refractivity contribution in [1.29, 1.82) is 0 Å². The molecule has 1 aliphatic carbocycles. The largest absolute Gasteiger partial charge is 0.279 e. The van der Waals surface area contributed by atoms with Crippen LogP contribution in [0.2, 0.25) is 5.02 Å². The molecule has 2 amide bonds. The van der Waals surface area contributed by atoms with E-state index in [1.54, 1.807) is 0 Å². The molecule has 1 unspecified atom stereocenters. The molecule has 132 valence electrons. The van der Waals surface area contributed by atoms with Crippen LogP contribution in [0.15, 0.2) is 24.3 Å². The second-order valence-corrected chi connectivity index (χ2v) is 7.83. The number of benzene rings is 1. The molecular weight excluding hydrogens is 363 g/mol. The number of hydrazine groups is 1. The van der Waals surface area contributed by atoms with Crippen LogP contribution >= 0.6 is 22.9 Å². The molecule has 0 saturated heterocycles. The fourth-order valence-electron chi connectivity index (χ4n) is 2.91. The number of hydrogen-bond donors (Lipinski definition) is 2. The summed E-state index contributed by atoms with van der Waals surface area (Å²) in [6.45, 7) is 2.20. The van der Waals surface area contributed by atoms with Crippen LogP contribution in [-0.2, 0) is 24.1 Å². The summed E-state index contributed by atoms with van der Waals surface area (Å²) < 4.78 is 13.7. The lowest BCUT2D eigenvalue weighted by atomic mass is 9.90. The van der Waals surface area contributed by atoms with E-state index in [4.69, 9.17) is 11.6 Å². The molecule has 7 heteroatoms. The Labute approximate surface area is 154 Å². The Morgan fingerprint density at radius 3 is 2.92 bits per heavy atom. The molecule has 0 radical (unpaired) electrons. The van der Waals surface area contributed by atoms with Crippen LogP contribution in [0.1, 0.15) is 39.0 Å². The van der Waals surface area contributed by atoms with E-state index in [-0.39, 0.29) is 22.9 Å². The van der Waals surface area contributed by atoms with E-state index < -0.39 is 11.7 Å². The molecule has 0 fully saturated rings. The summed E-state index contributed by atoms with van der Waals surface area (Å²) in [6, 6.07) is 6.12. The standard InChI is InChI=1S/C18H18ClFN2O2S/c1-10-5-6-15-11(7-10)8-16(25-15)18(24)22-21-17(23)9-12-13(19)3-2-4-14(12)20/h2-4,8,10H,5-7,9H2,1H3,(H,21,23)(H,22,24). The van der Waals surface area contributed by atoms with Crippen molar-refractivity contribution in [2.24, 2.45) is 5.92 Å². The van der Waals surface area contributed by atoms with E-state index in [9.17, 15) is 14.0 Å². The Balaban J connectivity index is 1.58. The molecule has 1 aromatic heterocycles. The molecule has 1 aliphatic rings. The highest BCUT2D eigenvalue weighted by Crippen LogP contribution is 2.32. The normalized spacial score (nSPS) is 16.2. The van der Waals surface area contributed by atoms with Crippen molar-refractivity contribution in [3.8, 4) is 0 Å². The minimum absolute atomic E-state index is 0.108. The number of hydrogen-bond acceptors (Lipinski definition) is 3. The first-order chi connectivity index (χ1) is 11.9. The third kappa shape index (κ3) is 4.19. The molecule has 1 heterocycles. The fourth-order valence-corrected chi connectivity index (χ4v) is 4.25. The van der Waals surface area contributed by atoms with E-state index in [2.05, 4.69) is 17.8 Å². The smallest absolute Gasteiger partial charge is 0.273 e. The van der Waals surface area contributed by atoms with Crippen LogP contribution in [0.3, 0.4) is 0 Å². The third-order valence-electron chi connectivity index (χ3n) is 4.27. The molecule has 1 aromatic carbocycles. The van der Waals surface area contributed by atoms with Gasteiger partial charge in [0.2, 0.25) is 5.91 Å². The van der Waals surface area contributed by atoms with Crippen LogP contribution in [0, 0.1) is 11.7 Å². The predicted molar refractivity (Wildman–Crippen MR) is 96.2 cm³/mol. The molecule has 0 aliphatic heterocycles. The van der Waals surface area contributed by atoms with Crippen molar-refractivity contribution in [3.63, 3.8) is 0 Å². The molecule has 0 bridgehead atoms. The number of thiophene rings is 1. The van der Waals surface area contributed by atoms with Crippen LogP contribution in [0.5, 0.6) is 0 Å². The van der Waals surface area contributed by atoms with Crippen LogP contribution in [-0.4, -0.2) is 11.8 Å². The van der Waals surface area contributed by atoms with Crippen molar-refractivity contribution < 1.29 is 14.0 Å². The molecule has 1 atom stereocenters. The number of nitrogens with one attached hydrogen (secondary N) is 2. The molecule has 4 nitrogen and oxygen atoms in total. The van der Waals surface area contributed by atoms with Crippen molar-refractivity contribution in [2.75, 3.05) is 0 Å². The number of aryl methyl sites for hydroxylation is 1. The maximum absolute atomic E-state index is 13.7. The molecule has 0 saturated carbocycles. The van der Waals surface area contributed by atoms with Gasteiger partial charge in [0.25, 0.3) is 5.91 Å². The zero-order valence-corrected chi connectivity index (χ0v) is 15.3. The predicted octanol–water partition coefficient (Wildman–Crippen LogP) is 3.67. The van der Waals surface area contributed by atoms with Crippen molar-refractivity contribution >= 4 is 34.8 Å². The van der Waals surface area contributed by atoms with Crippen molar-refractivity contribution in [3.05, 3.63) is 56.0 Å². The lowest BCUT2D eigenvalue weighted by Gasteiger charge is -2.16. The highest BCUT2D eigenvalue weighted by Gasteiger charge is 2.21.